The third kappa shape index (κ3) is 4.52. The van der Waals surface area contributed by atoms with Gasteiger partial charge in [-0.3, -0.25) is 14.9 Å². The summed E-state index contributed by atoms with van der Waals surface area (Å²) in [7, 11) is 2.90. The maximum atomic E-state index is 12.8. The highest BCUT2D eigenvalue weighted by Crippen LogP contribution is 2.62. The molecule has 6 heteroatoms. The van der Waals surface area contributed by atoms with Crippen LogP contribution in [0.4, 0.5) is 0 Å². The molecule has 1 heterocycles. The minimum Gasteiger partial charge on any atom is -0.469 e. The molecule has 178 valence electrons. The molecule has 0 spiro atoms. The summed E-state index contributed by atoms with van der Waals surface area (Å²) in [5.41, 5.74) is 2.08. The first-order valence-electron chi connectivity index (χ1n) is 11.8. The van der Waals surface area contributed by atoms with Gasteiger partial charge in [0.15, 0.2) is 0 Å². The maximum Gasteiger partial charge on any atom is 0.322 e. The number of carbonyl (C=O) groups excluding carboxylic acids is 2. The van der Waals surface area contributed by atoms with E-state index in [0.717, 1.165) is 56.3 Å². The fourth-order valence-electron chi connectivity index (χ4n) is 6.51. The van der Waals surface area contributed by atoms with Crippen molar-refractivity contribution in [1.29, 1.82) is 0 Å². The zero-order valence-corrected chi connectivity index (χ0v) is 20.3. The first-order valence-corrected chi connectivity index (χ1v) is 11.8. The highest BCUT2D eigenvalue weighted by atomic mass is 16.5. The van der Waals surface area contributed by atoms with Gasteiger partial charge in [0.25, 0.3) is 0 Å². The monoisotopic (exact) mass is 445 g/mol. The van der Waals surface area contributed by atoms with Gasteiger partial charge in [0.05, 0.1) is 32.4 Å². The van der Waals surface area contributed by atoms with Crippen molar-refractivity contribution in [3.63, 3.8) is 0 Å². The summed E-state index contributed by atoms with van der Waals surface area (Å²) >= 11 is 0. The third-order valence-corrected chi connectivity index (χ3v) is 8.33. The van der Waals surface area contributed by atoms with E-state index in [1.807, 2.05) is 6.07 Å². The van der Waals surface area contributed by atoms with Crippen LogP contribution in [0, 0.1) is 22.7 Å². The van der Waals surface area contributed by atoms with Crippen molar-refractivity contribution in [2.24, 2.45) is 22.7 Å². The third-order valence-electron chi connectivity index (χ3n) is 8.33. The summed E-state index contributed by atoms with van der Waals surface area (Å²) in [4.78, 5) is 24.4. The number of nitrogens with one attached hydrogen (secondary N) is 1. The summed E-state index contributed by atoms with van der Waals surface area (Å²) in [6, 6.07) is 1.62. The van der Waals surface area contributed by atoms with Crippen LogP contribution in [0.25, 0.3) is 0 Å². The zero-order chi connectivity index (χ0) is 23.5. The highest BCUT2D eigenvalue weighted by Gasteiger charge is 2.57. The molecule has 2 aliphatic rings. The van der Waals surface area contributed by atoms with Crippen LogP contribution in [0.3, 0.4) is 0 Å². The van der Waals surface area contributed by atoms with Gasteiger partial charge in [-0.1, -0.05) is 25.5 Å². The van der Waals surface area contributed by atoms with Crippen LogP contribution in [0.2, 0.25) is 0 Å². The number of ether oxygens (including phenoxy) is 2. The fraction of sp³-hybridized carbons (Fsp3) is 0.692. The molecule has 2 aliphatic carbocycles. The Hall–Kier alpha value is -2.08. The van der Waals surface area contributed by atoms with Gasteiger partial charge in [-0.25, -0.2) is 0 Å². The molecule has 1 N–H and O–H groups in total. The van der Waals surface area contributed by atoms with Crippen LogP contribution in [-0.2, 0) is 32.0 Å². The van der Waals surface area contributed by atoms with Crippen molar-refractivity contribution in [1.82, 2.24) is 5.32 Å². The molecule has 0 aliphatic heterocycles. The van der Waals surface area contributed by atoms with Crippen LogP contribution < -0.4 is 5.32 Å². The molecular weight excluding hydrogens is 406 g/mol. The molecule has 1 aromatic heterocycles. The number of fused-ring (bicyclic) bond motifs is 1. The van der Waals surface area contributed by atoms with E-state index >= 15 is 0 Å². The molecule has 5 atom stereocenters. The van der Waals surface area contributed by atoms with Crippen molar-refractivity contribution in [3.8, 4) is 0 Å². The van der Waals surface area contributed by atoms with Gasteiger partial charge < -0.3 is 13.9 Å². The lowest BCUT2D eigenvalue weighted by Gasteiger charge is -2.57. The largest absolute Gasteiger partial charge is 0.469 e. The van der Waals surface area contributed by atoms with Gasteiger partial charge in [0.1, 0.15) is 11.8 Å². The molecule has 0 bridgehead atoms. The average molecular weight is 446 g/mol. The summed E-state index contributed by atoms with van der Waals surface area (Å²) in [5.74, 6) is 1.16. The normalized spacial score (nSPS) is 31.0. The molecular formula is C26H39NO5. The summed E-state index contributed by atoms with van der Waals surface area (Å²) < 4.78 is 15.7. The number of carbonyl (C=O) groups is 2. The van der Waals surface area contributed by atoms with Gasteiger partial charge >= 0.3 is 11.9 Å². The van der Waals surface area contributed by atoms with Gasteiger partial charge in [-0.2, -0.15) is 0 Å². The van der Waals surface area contributed by atoms with E-state index in [4.69, 9.17) is 13.9 Å². The summed E-state index contributed by atoms with van der Waals surface area (Å²) in [6.45, 7) is 11.2. The molecule has 6 nitrogen and oxygen atoms in total. The van der Waals surface area contributed by atoms with Crippen molar-refractivity contribution in [3.05, 3.63) is 35.8 Å². The number of furan rings is 1. The van der Waals surface area contributed by atoms with E-state index < -0.39 is 11.5 Å². The van der Waals surface area contributed by atoms with E-state index in [0.29, 0.717) is 18.4 Å². The Morgan fingerprint density at radius 1 is 1.28 bits per heavy atom. The van der Waals surface area contributed by atoms with E-state index in [9.17, 15) is 9.59 Å². The van der Waals surface area contributed by atoms with E-state index in [-0.39, 0.29) is 17.4 Å². The second-order valence-corrected chi connectivity index (χ2v) is 10.1. The van der Waals surface area contributed by atoms with Gasteiger partial charge in [-0.05, 0) is 81.3 Å². The van der Waals surface area contributed by atoms with Crippen LogP contribution in [0.1, 0.15) is 70.6 Å². The first-order chi connectivity index (χ1) is 15.2. The second kappa shape index (κ2) is 9.82. The molecule has 0 unspecified atom stereocenters. The minimum atomic E-state index is -0.421. The summed E-state index contributed by atoms with van der Waals surface area (Å²) in [6.07, 6.45) is 8.58. The zero-order valence-electron chi connectivity index (χ0n) is 20.3. The second-order valence-electron chi connectivity index (χ2n) is 10.1. The molecule has 1 aromatic rings. The number of hydrogen-bond donors (Lipinski definition) is 1. The van der Waals surface area contributed by atoms with E-state index in [2.05, 4.69) is 25.7 Å². The van der Waals surface area contributed by atoms with Crippen molar-refractivity contribution < 1.29 is 23.5 Å². The Balaban J connectivity index is 1.72. The van der Waals surface area contributed by atoms with E-state index in [1.54, 1.807) is 13.2 Å². The molecule has 32 heavy (non-hydrogen) atoms. The smallest absolute Gasteiger partial charge is 0.322 e. The van der Waals surface area contributed by atoms with Crippen molar-refractivity contribution in [2.45, 2.75) is 78.3 Å². The number of hydrogen-bond acceptors (Lipinski definition) is 6. The minimum absolute atomic E-state index is 0.0398. The molecule has 2 fully saturated rings. The number of methoxy groups -OCH3 is 2. The molecule has 0 aromatic carbocycles. The lowest BCUT2D eigenvalue weighted by Crippen LogP contribution is -2.53. The molecule has 0 radical (unpaired) electrons. The van der Waals surface area contributed by atoms with E-state index in [1.165, 1.54) is 19.8 Å². The van der Waals surface area contributed by atoms with Crippen LogP contribution in [0.5, 0.6) is 0 Å². The lowest BCUT2D eigenvalue weighted by molar-refractivity contribution is -0.168. The molecule has 0 saturated heterocycles. The Kier molecular flexibility index (Phi) is 7.53. The topological polar surface area (TPSA) is 77.8 Å². The first kappa shape index (κ1) is 24.6. The number of allylic oxidation sites excluding steroid dienone is 1. The predicted octanol–water partition coefficient (Wildman–Crippen LogP) is 4.82. The SMILES string of the molecule is C=C1CC[C@@H]2[C@](C)(CCC[C@]2(C)C(=O)OC)[C@H]1CCc1ccoc1CN[C@@H](C)C(=O)OC. The molecule has 0 amide bonds. The van der Waals surface area contributed by atoms with Crippen LogP contribution >= 0.6 is 0 Å². The van der Waals surface area contributed by atoms with Crippen molar-refractivity contribution >= 4 is 11.9 Å². The van der Waals surface area contributed by atoms with Crippen LogP contribution in [0.15, 0.2) is 28.9 Å². The van der Waals surface area contributed by atoms with Crippen LogP contribution in [-0.4, -0.2) is 32.2 Å². The van der Waals surface area contributed by atoms with Gasteiger partial charge in [0, 0.05) is 0 Å². The Bertz CT molecular complexity index is 845. The Labute approximate surface area is 192 Å². The van der Waals surface area contributed by atoms with Gasteiger partial charge in [0.2, 0.25) is 0 Å². The molecule has 2 saturated carbocycles. The quantitative estimate of drug-likeness (QED) is 0.457. The Morgan fingerprint density at radius 3 is 2.72 bits per heavy atom. The summed E-state index contributed by atoms with van der Waals surface area (Å²) in [5, 5.41) is 3.17. The Morgan fingerprint density at radius 2 is 2.03 bits per heavy atom. The van der Waals surface area contributed by atoms with Crippen molar-refractivity contribution in [2.75, 3.05) is 14.2 Å². The standard InChI is InChI=1S/C26H39NO5/c1-17-8-11-22-25(3,13-7-14-26(22,4)24(29)31-6)20(17)10-9-19-12-15-32-21(19)16-27-18(2)23(28)30-5/h12,15,18,20,22,27H,1,7-11,13-14,16H2,2-6H3/t18-,20-,22+,25+,26-/m0/s1. The number of rotatable bonds is 8. The maximum absolute atomic E-state index is 12.8. The molecule has 3 rings (SSSR count). The lowest BCUT2D eigenvalue weighted by atomic mass is 9.46. The fourth-order valence-corrected chi connectivity index (χ4v) is 6.51. The number of esters is 2. The number of aryl methyl sites for hydroxylation is 1. The van der Waals surface area contributed by atoms with Gasteiger partial charge in [-0.15, -0.1) is 0 Å². The highest BCUT2D eigenvalue weighted by molar-refractivity contribution is 5.77. The predicted molar refractivity (Wildman–Crippen MR) is 123 cm³/mol. The average Bonchev–Trinajstić information content (AvgIpc) is 3.22.